The standard InChI is InChI=1S/C16H22O3/c1-12-6-4-5-7-13(12)10-15(17)19-16(2)9-8-14(11-16)18-3/h4-7,14H,8-11H2,1-3H3. The van der Waals surface area contributed by atoms with Gasteiger partial charge in [0.05, 0.1) is 12.5 Å². The Bertz CT molecular complexity index is 455. The molecule has 1 saturated carbocycles. The zero-order chi connectivity index (χ0) is 13.9. The van der Waals surface area contributed by atoms with E-state index in [-0.39, 0.29) is 17.7 Å². The Hall–Kier alpha value is -1.35. The highest BCUT2D eigenvalue weighted by Gasteiger charge is 2.38. The number of esters is 1. The minimum atomic E-state index is -0.361. The maximum absolute atomic E-state index is 12.1. The normalized spacial score (nSPS) is 26.4. The Balaban J connectivity index is 1.93. The SMILES string of the molecule is COC1CCC(C)(OC(=O)Cc2ccccc2C)C1. The summed E-state index contributed by atoms with van der Waals surface area (Å²) in [6.45, 7) is 4.02. The van der Waals surface area contributed by atoms with E-state index in [2.05, 4.69) is 0 Å². The van der Waals surface area contributed by atoms with Gasteiger partial charge >= 0.3 is 5.97 Å². The molecule has 2 rings (SSSR count). The van der Waals surface area contributed by atoms with Crippen LogP contribution in [0.15, 0.2) is 24.3 Å². The van der Waals surface area contributed by atoms with Crippen molar-refractivity contribution in [2.45, 2.75) is 51.2 Å². The lowest BCUT2D eigenvalue weighted by atomic mass is 10.0. The number of carbonyl (C=O) groups is 1. The predicted octanol–water partition coefficient (Wildman–Crippen LogP) is 3.04. The Morgan fingerprint density at radius 1 is 1.42 bits per heavy atom. The molecular formula is C16H22O3. The number of aryl methyl sites for hydroxylation is 1. The molecule has 0 aromatic heterocycles. The molecule has 0 heterocycles. The van der Waals surface area contributed by atoms with Crippen molar-refractivity contribution in [2.24, 2.45) is 0 Å². The Kier molecular flexibility index (Phi) is 4.25. The molecule has 0 bridgehead atoms. The molecule has 2 atom stereocenters. The Morgan fingerprint density at radius 2 is 2.16 bits per heavy atom. The first-order valence-electron chi connectivity index (χ1n) is 6.81. The van der Waals surface area contributed by atoms with Crippen LogP contribution in [-0.2, 0) is 20.7 Å². The van der Waals surface area contributed by atoms with Crippen LogP contribution in [0.3, 0.4) is 0 Å². The number of methoxy groups -OCH3 is 1. The van der Waals surface area contributed by atoms with E-state index < -0.39 is 0 Å². The summed E-state index contributed by atoms with van der Waals surface area (Å²) in [4.78, 5) is 12.1. The third-order valence-electron chi connectivity index (χ3n) is 3.94. The van der Waals surface area contributed by atoms with Crippen LogP contribution in [0.1, 0.15) is 37.3 Å². The average molecular weight is 262 g/mol. The fourth-order valence-corrected chi connectivity index (χ4v) is 2.72. The highest BCUT2D eigenvalue weighted by Crippen LogP contribution is 2.34. The van der Waals surface area contributed by atoms with Crippen LogP contribution in [0, 0.1) is 6.92 Å². The van der Waals surface area contributed by atoms with Crippen LogP contribution >= 0.6 is 0 Å². The molecule has 1 aliphatic carbocycles. The van der Waals surface area contributed by atoms with E-state index in [9.17, 15) is 4.79 Å². The second-order valence-corrected chi connectivity index (χ2v) is 5.63. The topological polar surface area (TPSA) is 35.5 Å². The molecule has 1 aromatic rings. The van der Waals surface area contributed by atoms with Gasteiger partial charge in [0.25, 0.3) is 0 Å². The van der Waals surface area contributed by atoms with Crippen molar-refractivity contribution >= 4 is 5.97 Å². The minimum Gasteiger partial charge on any atom is -0.459 e. The lowest BCUT2D eigenvalue weighted by Crippen LogP contribution is -2.30. The summed E-state index contributed by atoms with van der Waals surface area (Å²) in [6, 6.07) is 7.92. The van der Waals surface area contributed by atoms with Gasteiger partial charge in [-0.3, -0.25) is 4.79 Å². The van der Waals surface area contributed by atoms with Gasteiger partial charge in [-0.25, -0.2) is 0 Å². The third kappa shape index (κ3) is 3.57. The number of benzene rings is 1. The first-order valence-corrected chi connectivity index (χ1v) is 6.81. The second kappa shape index (κ2) is 5.74. The molecule has 0 spiro atoms. The van der Waals surface area contributed by atoms with Crippen molar-refractivity contribution < 1.29 is 14.3 Å². The van der Waals surface area contributed by atoms with Gasteiger partial charge in [-0.05, 0) is 37.8 Å². The summed E-state index contributed by atoms with van der Waals surface area (Å²) in [5.74, 6) is -0.145. The number of hydrogen-bond donors (Lipinski definition) is 0. The lowest BCUT2D eigenvalue weighted by molar-refractivity contribution is -0.157. The second-order valence-electron chi connectivity index (χ2n) is 5.63. The van der Waals surface area contributed by atoms with E-state index in [0.717, 1.165) is 30.4 Å². The zero-order valence-corrected chi connectivity index (χ0v) is 11.9. The highest BCUT2D eigenvalue weighted by atomic mass is 16.6. The van der Waals surface area contributed by atoms with Gasteiger partial charge in [0, 0.05) is 13.5 Å². The molecule has 19 heavy (non-hydrogen) atoms. The van der Waals surface area contributed by atoms with Crippen molar-refractivity contribution in [1.29, 1.82) is 0 Å². The summed E-state index contributed by atoms with van der Waals surface area (Å²) in [7, 11) is 1.71. The summed E-state index contributed by atoms with van der Waals surface area (Å²) in [5.41, 5.74) is 1.81. The first-order chi connectivity index (χ1) is 9.02. The van der Waals surface area contributed by atoms with Gasteiger partial charge in [-0.1, -0.05) is 24.3 Å². The van der Waals surface area contributed by atoms with E-state index in [0.29, 0.717) is 6.42 Å². The van der Waals surface area contributed by atoms with Crippen LogP contribution in [0.2, 0.25) is 0 Å². The molecule has 0 aliphatic heterocycles. The number of ether oxygens (including phenoxy) is 2. The fraction of sp³-hybridized carbons (Fsp3) is 0.562. The van der Waals surface area contributed by atoms with E-state index in [1.807, 2.05) is 38.1 Å². The maximum atomic E-state index is 12.1. The molecule has 1 aromatic carbocycles. The molecule has 3 heteroatoms. The molecule has 1 fully saturated rings. The average Bonchev–Trinajstić information content (AvgIpc) is 2.73. The van der Waals surface area contributed by atoms with Crippen LogP contribution in [0.4, 0.5) is 0 Å². The third-order valence-corrected chi connectivity index (χ3v) is 3.94. The van der Waals surface area contributed by atoms with Crippen molar-refractivity contribution in [2.75, 3.05) is 7.11 Å². The van der Waals surface area contributed by atoms with Crippen LogP contribution < -0.4 is 0 Å². The van der Waals surface area contributed by atoms with Crippen molar-refractivity contribution in [3.63, 3.8) is 0 Å². The van der Waals surface area contributed by atoms with Gasteiger partial charge in [0.1, 0.15) is 5.60 Å². The van der Waals surface area contributed by atoms with E-state index in [1.54, 1.807) is 7.11 Å². The smallest absolute Gasteiger partial charge is 0.310 e. The summed E-state index contributed by atoms with van der Waals surface area (Å²) in [6.07, 6.45) is 3.20. The molecule has 2 unspecified atom stereocenters. The lowest BCUT2D eigenvalue weighted by Gasteiger charge is -2.24. The summed E-state index contributed by atoms with van der Waals surface area (Å²) >= 11 is 0. The van der Waals surface area contributed by atoms with Crippen molar-refractivity contribution in [1.82, 2.24) is 0 Å². The summed E-state index contributed by atoms with van der Waals surface area (Å²) < 4.78 is 11.0. The highest BCUT2D eigenvalue weighted by molar-refractivity contribution is 5.73. The van der Waals surface area contributed by atoms with Gasteiger partial charge in [-0.2, -0.15) is 0 Å². The molecule has 1 aliphatic rings. The van der Waals surface area contributed by atoms with E-state index in [1.165, 1.54) is 0 Å². The summed E-state index contributed by atoms with van der Waals surface area (Å²) in [5, 5.41) is 0. The van der Waals surface area contributed by atoms with E-state index in [4.69, 9.17) is 9.47 Å². The molecule has 0 saturated heterocycles. The molecule has 0 N–H and O–H groups in total. The van der Waals surface area contributed by atoms with Gasteiger partial charge < -0.3 is 9.47 Å². The number of carbonyl (C=O) groups excluding carboxylic acids is 1. The molecule has 3 nitrogen and oxygen atoms in total. The quantitative estimate of drug-likeness (QED) is 0.782. The Morgan fingerprint density at radius 3 is 2.79 bits per heavy atom. The van der Waals surface area contributed by atoms with E-state index >= 15 is 0 Å². The minimum absolute atomic E-state index is 0.145. The predicted molar refractivity (Wildman–Crippen MR) is 74.0 cm³/mol. The van der Waals surface area contributed by atoms with Crippen LogP contribution in [0.5, 0.6) is 0 Å². The molecular weight excluding hydrogens is 240 g/mol. The fourth-order valence-electron chi connectivity index (χ4n) is 2.72. The number of hydrogen-bond acceptors (Lipinski definition) is 3. The van der Waals surface area contributed by atoms with Gasteiger partial charge in [0.2, 0.25) is 0 Å². The maximum Gasteiger partial charge on any atom is 0.310 e. The molecule has 0 radical (unpaired) electrons. The molecule has 0 amide bonds. The zero-order valence-electron chi connectivity index (χ0n) is 11.9. The van der Waals surface area contributed by atoms with Crippen LogP contribution in [-0.4, -0.2) is 24.8 Å². The largest absolute Gasteiger partial charge is 0.459 e. The molecule has 104 valence electrons. The van der Waals surface area contributed by atoms with Gasteiger partial charge in [-0.15, -0.1) is 0 Å². The first kappa shape index (κ1) is 14.1. The van der Waals surface area contributed by atoms with Crippen molar-refractivity contribution in [3.05, 3.63) is 35.4 Å². The van der Waals surface area contributed by atoms with Gasteiger partial charge in [0.15, 0.2) is 0 Å². The van der Waals surface area contributed by atoms with Crippen LogP contribution in [0.25, 0.3) is 0 Å². The number of rotatable bonds is 4. The monoisotopic (exact) mass is 262 g/mol. The Labute approximate surface area is 114 Å². The van der Waals surface area contributed by atoms with Crippen molar-refractivity contribution in [3.8, 4) is 0 Å².